The number of nitrogens with one attached hydrogen (secondary N) is 2. The molecule has 2 aromatic rings. The van der Waals surface area contributed by atoms with Crippen molar-refractivity contribution >= 4 is 17.5 Å². The van der Waals surface area contributed by atoms with Crippen molar-refractivity contribution in [3.8, 4) is 0 Å². The van der Waals surface area contributed by atoms with Gasteiger partial charge in [0.2, 0.25) is 5.91 Å². The van der Waals surface area contributed by atoms with Crippen LogP contribution in [0.15, 0.2) is 47.1 Å². The van der Waals surface area contributed by atoms with Crippen molar-refractivity contribution in [2.24, 2.45) is 0 Å². The van der Waals surface area contributed by atoms with Crippen LogP contribution in [0.3, 0.4) is 0 Å². The van der Waals surface area contributed by atoms with E-state index in [-0.39, 0.29) is 36.2 Å². The highest BCUT2D eigenvalue weighted by atomic mass is 19.4. The summed E-state index contributed by atoms with van der Waals surface area (Å²) in [4.78, 5) is 23.3. The van der Waals surface area contributed by atoms with Crippen LogP contribution in [-0.4, -0.2) is 18.4 Å². The fraction of sp³-hybridized carbons (Fsp3) is 0.250. The number of halogens is 3. The van der Waals surface area contributed by atoms with Gasteiger partial charge < -0.3 is 15.1 Å². The molecule has 0 aliphatic rings. The smallest absolute Gasteiger partial charge is 0.416 e. The number of furan rings is 1. The zero-order valence-electron chi connectivity index (χ0n) is 12.5. The average molecular weight is 340 g/mol. The zero-order chi connectivity index (χ0) is 17.6. The van der Waals surface area contributed by atoms with Crippen molar-refractivity contribution < 1.29 is 27.2 Å². The molecule has 0 radical (unpaired) electrons. The summed E-state index contributed by atoms with van der Waals surface area (Å²) in [7, 11) is 0. The SMILES string of the molecule is O=C(CCCNC(=O)c1ccco1)Nc1ccc(C(F)(F)F)cc1. The molecule has 1 heterocycles. The number of rotatable bonds is 6. The topological polar surface area (TPSA) is 71.3 Å². The van der Waals surface area contributed by atoms with Crippen LogP contribution in [0, 0.1) is 0 Å². The lowest BCUT2D eigenvalue weighted by atomic mass is 10.2. The highest BCUT2D eigenvalue weighted by Crippen LogP contribution is 2.29. The van der Waals surface area contributed by atoms with Crippen LogP contribution in [0.5, 0.6) is 0 Å². The first-order chi connectivity index (χ1) is 11.4. The summed E-state index contributed by atoms with van der Waals surface area (Å²) in [6, 6.07) is 7.30. The molecule has 1 aromatic carbocycles. The first kappa shape index (κ1) is 17.6. The second kappa shape index (κ2) is 7.67. The molecule has 0 bridgehead atoms. The maximum atomic E-state index is 12.4. The van der Waals surface area contributed by atoms with Gasteiger partial charge >= 0.3 is 6.18 Å². The minimum Gasteiger partial charge on any atom is -0.459 e. The predicted molar refractivity (Wildman–Crippen MR) is 80.3 cm³/mol. The Morgan fingerprint density at radius 2 is 1.79 bits per heavy atom. The highest BCUT2D eigenvalue weighted by Gasteiger charge is 2.29. The van der Waals surface area contributed by atoms with Gasteiger partial charge in [0.05, 0.1) is 11.8 Å². The fourth-order valence-electron chi connectivity index (χ4n) is 1.91. The quantitative estimate of drug-likeness (QED) is 0.791. The number of carbonyl (C=O) groups is 2. The second-order valence-corrected chi connectivity index (χ2v) is 4.96. The molecule has 2 N–H and O–H groups in total. The molecule has 0 saturated heterocycles. The van der Waals surface area contributed by atoms with Gasteiger partial charge in [-0.2, -0.15) is 13.2 Å². The highest BCUT2D eigenvalue weighted by molar-refractivity contribution is 5.92. The Morgan fingerprint density at radius 1 is 1.08 bits per heavy atom. The van der Waals surface area contributed by atoms with Crippen LogP contribution in [0.2, 0.25) is 0 Å². The van der Waals surface area contributed by atoms with E-state index in [0.717, 1.165) is 12.1 Å². The van der Waals surface area contributed by atoms with Gasteiger partial charge in [-0.05, 0) is 42.8 Å². The molecule has 2 rings (SSSR count). The Kier molecular flexibility index (Phi) is 5.62. The predicted octanol–water partition coefficient (Wildman–Crippen LogP) is 3.45. The van der Waals surface area contributed by atoms with E-state index in [0.29, 0.717) is 6.42 Å². The molecule has 8 heteroatoms. The Hall–Kier alpha value is -2.77. The van der Waals surface area contributed by atoms with Gasteiger partial charge in [-0.3, -0.25) is 9.59 Å². The molecule has 0 spiro atoms. The van der Waals surface area contributed by atoms with Crippen molar-refractivity contribution in [1.29, 1.82) is 0 Å². The van der Waals surface area contributed by atoms with Gasteiger partial charge in [0.1, 0.15) is 0 Å². The lowest BCUT2D eigenvalue weighted by Crippen LogP contribution is -2.25. The molecule has 1 aromatic heterocycles. The molecule has 24 heavy (non-hydrogen) atoms. The number of alkyl halides is 3. The molecule has 2 amide bonds. The van der Waals surface area contributed by atoms with E-state index >= 15 is 0 Å². The lowest BCUT2D eigenvalue weighted by Gasteiger charge is -2.09. The number of anilines is 1. The van der Waals surface area contributed by atoms with Gasteiger partial charge in [-0.15, -0.1) is 0 Å². The average Bonchev–Trinajstić information content (AvgIpc) is 3.05. The first-order valence-electron chi connectivity index (χ1n) is 7.15. The monoisotopic (exact) mass is 340 g/mol. The number of benzene rings is 1. The van der Waals surface area contributed by atoms with Crippen molar-refractivity contribution in [3.05, 3.63) is 54.0 Å². The molecular formula is C16H15F3N2O3. The number of carbonyl (C=O) groups excluding carboxylic acids is 2. The molecule has 0 aliphatic carbocycles. The second-order valence-electron chi connectivity index (χ2n) is 4.96. The van der Waals surface area contributed by atoms with Gasteiger partial charge in [0.25, 0.3) is 5.91 Å². The molecular weight excluding hydrogens is 325 g/mol. The number of amides is 2. The summed E-state index contributed by atoms with van der Waals surface area (Å²) in [5.74, 6) is -0.533. The third-order valence-corrected chi connectivity index (χ3v) is 3.11. The van der Waals surface area contributed by atoms with Crippen LogP contribution in [0.25, 0.3) is 0 Å². The third-order valence-electron chi connectivity index (χ3n) is 3.11. The fourth-order valence-corrected chi connectivity index (χ4v) is 1.91. The van der Waals surface area contributed by atoms with Gasteiger partial charge in [-0.1, -0.05) is 0 Å². The summed E-state index contributed by atoms with van der Waals surface area (Å²) >= 11 is 0. The van der Waals surface area contributed by atoms with E-state index < -0.39 is 11.7 Å². The number of hydrogen-bond donors (Lipinski definition) is 2. The summed E-state index contributed by atoms with van der Waals surface area (Å²) in [6.45, 7) is 0.278. The van der Waals surface area contributed by atoms with Crippen molar-refractivity contribution in [1.82, 2.24) is 5.32 Å². The van der Waals surface area contributed by atoms with Crippen LogP contribution in [0.1, 0.15) is 29.0 Å². The Bertz CT molecular complexity index is 680. The molecule has 0 saturated carbocycles. The van der Waals surface area contributed by atoms with Gasteiger partial charge in [0, 0.05) is 18.7 Å². The largest absolute Gasteiger partial charge is 0.459 e. The molecule has 5 nitrogen and oxygen atoms in total. The Balaban J connectivity index is 1.70. The van der Waals surface area contributed by atoms with E-state index in [1.165, 1.54) is 24.5 Å². The maximum Gasteiger partial charge on any atom is 0.416 e. The summed E-state index contributed by atoms with van der Waals surface area (Å²) in [6.07, 6.45) is -2.51. The Morgan fingerprint density at radius 3 is 2.38 bits per heavy atom. The normalized spacial score (nSPS) is 11.1. The van der Waals surface area contributed by atoms with Crippen molar-refractivity contribution in [2.45, 2.75) is 19.0 Å². The minimum atomic E-state index is -4.41. The van der Waals surface area contributed by atoms with Gasteiger partial charge in [-0.25, -0.2) is 0 Å². The maximum absolute atomic E-state index is 12.4. The summed E-state index contributed by atoms with van der Waals surface area (Å²) < 4.78 is 42.2. The third kappa shape index (κ3) is 5.15. The standard InChI is InChI=1S/C16H15F3N2O3/c17-16(18,19)11-5-7-12(8-6-11)21-14(22)4-1-9-20-15(23)13-3-2-10-24-13/h2-3,5-8,10H,1,4,9H2,(H,20,23)(H,21,22). The summed E-state index contributed by atoms with van der Waals surface area (Å²) in [5, 5.41) is 5.09. The van der Waals surface area contributed by atoms with Crippen LogP contribution in [-0.2, 0) is 11.0 Å². The van der Waals surface area contributed by atoms with Crippen molar-refractivity contribution in [3.63, 3.8) is 0 Å². The van der Waals surface area contributed by atoms with Gasteiger partial charge in [0.15, 0.2) is 5.76 Å². The van der Waals surface area contributed by atoms with Crippen LogP contribution < -0.4 is 10.6 Å². The van der Waals surface area contributed by atoms with Crippen molar-refractivity contribution in [2.75, 3.05) is 11.9 Å². The van der Waals surface area contributed by atoms with E-state index in [1.54, 1.807) is 6.07 Å². The van der Waals surface area contributed by atoms with Crippen LogP contribution >= 0.6 is 0 Å². The lowest BCUT2D eigenvalue weighted by molar-refractivity contribution is -0.137. The molecule has 0 fully saturated rings. The molecule has 0 aliphatic heterocycles. The van der Waals surface area contributed by atoms with Crippen LogP contribution in [0.4, 0.5) is 18.9 Å². The van der Waals surface area contributed by atoms with E-state index in [9.17, 15) is 22.8 Å². The van der Waals surface area contributed by atoms with E-state index in [1.807, 2.05) is 0 Å². The zero-order valence-corrected chi connectivity index (χ0v) is 12.5. The molecule has 128 valence electrons. The summed E-state index contributed by atoms with van der Waals surface area (Å²) in [5.41, 5.74) is -0.492. The number of hydrogen-bond acceptors (Lipinski definition) is 3. The molecule has 0 unspecified atom stereocenters. The first-order valence-corrected chi connectivity index (χ1v) is 7.15. The molecule has 0 atom stereocenters. The van der Waals surface area contributed by atoms with E-state index in [4.69, 9.17) is 4.42 Å². The Labute approximate surface area is 135 Å². The van der Waals surface area contributed by atoms with E-state index in [2.05, 4.69) is 10.6 Å². The minimum absolute atomic E-state index is 0.124.